The monoisotopic (exact) mass is 225 g/mol. The summed E-state index contributed by atoms with van der Waals surface area (Å²) in [7, 11) is 0. The number of nitrogens with one attached hydrogen (secondary N) is 1. The second-order valence-electron chi connectivity index (χ2n) is 4.62. The Morgan fingerprint density at radius 2 is 1.93 bits per heavy atom. The summed E-state index contributed by atoms with van der Waals surface area (Å²) in [5.74, 6) is 0. The van der Waals surface area contributed by atoms with Crippen LogP contribution in [0.15, 0.2) is 24.3 Å². The number of benzene rings is 1. The largest absolute Gasteiger partial charge is 0.306 e. The van der Waals surface area contributed by atoms with Crippen LogP contribution in [-0.2, 0) is 6.54 Å². The first-order valence-corrected chi connectivity index (χ1v) is 5.81. The van der Waals surface area contributed by atoms with E-state index in [4.69, 9.17) is 11.6 Å². The summed E-state index contributed by atoms with van der Waals surface area (Å²) in [5.41, 5.74) is 2.62. The molecular formula is C13H20ClN. The lowest BCUT2D eigenvalue weighted by molar-refractivity contribution is 0.380. The predicted molar refractivity (Wildman–Crippen MR) is 67.4 cm³/mol. The first-order valence-electron chi connectivity index (χ1n) is 5.37. The summed E-state index contributed by atoms with van der Waals surface area (Å²) < 4.78 is 0. The highest BCUT2D eigenvalue weighted by Crippen LogP contribution is 2.16. The molecule has 1 atom stereocenters. The van der Waals surface area contributed by atoms with Gasteiger partial charge in [-0.3, -0.25) is 0 Å². The van der Waals surface area contributed by atoms with Crippen LogP contribution in [0.3, 0.4) is 0 Å². The number of hydrogen-bond donors (Lipinski definition) is 1. The van der Waals surface area contributed by atoms with Gasteiger partial charge in [-0.1, -0.05) is 24.3 Å². The van der Waals surface area contributed by atoms with E-state index in [-0.39, 0.29) is 10.9 Å². The molecule has 0 bridgehead atoms. The maximum absolute atomic E-state index is 6.11. The van der Waals surface area contributed by atoms with Gasteiger partial charge in [0, 0.05) is 17.5 Å². The third kappa shape index (κ3) is 3.51. The fourth-order valence-electron chi connectivity index (χ4n) is 1.27. The van der Waals surface area contributed by atoms with Crippen LogP contribution in [0.25, 0.3) is 0 Å². The van der Waals surface area contributed by atoms with Crippen LogP contribution in [-0.4, -0.2) is 10.9 Å². The molecule has 2 heteroatoms. The van der Waals surface area contributed by atoms with Gasteiger partial charge in [-0.2, -0.15) is 0 Å². The van der Waals surface area contributed by atoms with Crippen molar-refractivity contribution in [2.75, 3.05) is 0 Å². The summed E-state index contributed by atoms with van der Waals surface area (Å²) in [4.78, 5) is 0. The van der Waals surface area contributed by atoms with E-state index in [1.165, 1.54) is 11.1 Å². The van der Waals surface area contributed by atoms with Crippen LogP contribution in [0.1, 0.15) is 31.9 Å². The Kier molecular flexibility index (Phi) is 4.18. The molecule has 0 aliphatic heterocycles. The van der Waals surface area contributed by atoms with Crippen molar-refractivity contribution in [3.05, 3.63) is 35.4 Å². The maximum atomic E-state index is 6.11. The van der Waals surface area contributed by atoms with E-state index in [2.05, 4.69) is 50.4 Å². The molecule has 0 aromatic heterocycles. The van der Waals surface area contributed by atoms with E-state index in [0.29, 0.717) is 0 Å². The highest BCUT2D eigenvalue weighted by Gasteiger charge is 2.22. The zero-order chi connectivity index (χ0) is 11.5. The predicted octanol–water partition coefficient (Wildman–Crippen LogP) is 3.49. The molecule has 0 saturated heterocycles. The van der Waals surface area contributed by atoms with Crippen molar-refractivity contribution in [1.82, 2.24) is 5.32 Å². The molecule has 1 nitrogen and oxygen atoms in total. The molecule has 84 valence electrons. The van der Waals surface area contributed by atoms with Crippen molar-refractivity contribution in [3.8, 4) is 0 Å². The Hall–Kier alpha value is -0.530. The molecule has 1 aromatic rings. The number of rotatable bonds is 4. The Morgan fingerprint density at radius 3 is 2.47 bits per heavy atom. The minimum absolute atomic E-state index is 0.0379. The van der Waals surface area contributed by atoms with Gasteiger partial charge in [0.1, 0.15) is 0 Å². The lowest BCUT2D eigenvalue weighted by Crippen LogP contribution is -2.45. The lowest BCUT2D eigenvalue weighted by Gasteiger charge is -2.29. The number of halogens is 1. The van der Waals surface area contributed by atoms with Gasteiger partial charge in [0.15, 0.2) is 0 Å². The molecule has 15 heavy (non-hydrogen) atoms. The lowest BCUT2D eigenvalue weighted by atomic mass is 10.0. The molecule has 0 amide bonds. The van der Waals surface area contributed by atoms with Gasteiger partial charge in [0.25, 0.3) is 0 Å². The molecule has 1 N–H and O–H groups in total. The molecule has 1 rings (SSSR count). The quantitative estimate of drug-likeness (QED) is 0.774. The fourth-order valence-corrected chi connectivity index (χ4v) is 1.35. The zero-order valence-corrected chi connectivity index (χ0v) is 10.7. The second kappa shape index (κ2) is 5.00. The molecule has 0 saturated carbocycles. The third-order valence-electron chi connectivity index (χ3n) is 2.99. The third-order valence-corrected chi connectivity index (χ3v) is 3.54. The SMILES string of the molecule is Cc1ccccc1CNC(C)(C)C(C)Cl. The highest BCUT2D eigenvalue weighted by atomic mass is 35.5. The van der Waals surface area contributed by atoms with Gasteiger partial charge in [0.2, 0.25) is 0 Å². The summed E-state index contributed by atoms with van der Waals surface area (Å²) in [5, 5.41) is 3.60. The van der Waals surface area contributed by atoms with Crippen LogP contribution >= 0.6 is 11.6 Å². The molecule has 0 fully saturated rings. The van der Waals surface area contributed by atoms with Gasteiger partial charge in [-0.25, -0.2) is 0 Å². The van der Waals surface area contributed by atoms with Crippen LogP contribution < -0.4 is 5.32 Å². The second-order valence-corrected chi connectivity index (χ2v) is 5.27. The molecule has 0 aliphatic rings. The van der Waals surface area contributed by atoms with Crippen LogP contribution in [0.5, 0.6) is 0 Å². The minimum Gasteiger partial charge on any atom is -0.306 e. The summed E-state index contributed by atoms with van der Waals surface area (Å²) >= 11 is 6.11. The van der Waals surface area contributed by atoms with E-state index in [1.54, 1.807) is 0 Å². The van der Waals surface area contributed by atoms with E-state index in [0.717, 1.165) is 6.54 Å². The van der Waals surface area contributed by atoms with Crippen molar-refractivity contribution in [3.63, 3.8) is 0 Å². The Bertz CT molecular complexity index is 318. The molecule has 0 heterocycles. The molecular weight excluding hydrogens is 206 g/mol. The summed E-state index contributed by atoms with van der Waals surface area (Å²) in [6, 6.07) is 8.42. The van der Waals surface area contributed by atoms with E-state index >= 15 is 0 Å². The highest BCUT2D eigenvalue weighted by molar-refractivity contribution is 6.21. The number of alkyl halides is 1. The maximum Gasteiger partial charge on any atom is 0.0484 e. The van der Waals surface area contributed by atoms with Crippen molar-refractivity contribution in [2.45, 2.75) is 45.2 Å². The van der Waals surface area contributed by atoms with Crippen LogP contribution in [0, 0.1) is 6.92 Å². The fraction of sp³-hybridized carbons (Fsp3) is 0.538. The Morgan fingerprint density at radius 1 is 1.33 bits per heavy atom. The molecule has 0 radical (unpaired) electrons. The zero-order valence-electron chi connectivity index (χ0n) is 9.97. The standard InChI is InChI=1S/C13H20ClN/c1-10-7-5-6-8-12(10)9-15-13(3,4)11(2)14/h5-8,11,15H,9H2,1-4H3. The van der Waals surface area contributed by atoms with Gasteiger partial charge in [0.05, 0.1) is 0 Å². The van der Waals surface area contributed by atoms with Crippen molar-refractivity contribution in [2.24, 2.45) is 0 Å². The molecule has 1 aromatic carbocycles. The topological polar surface area (TPSA) is 12.0 Å². The molecule has 0 spiro atoms. The smallest absolute Gasteiger partial charge is 0.0484 e. The van der Waals surface area contributed by atoms with Gasteiger partial charge >= 0.3 is 0 Å². The van der Waals surface area contributed by atoms with Gasteiger partial charge < -0.3 is 5.32 Å². The average molecular weight is 226 g/mol. The first-order chi connectivity index (χ1) is 6.93. The van der Waals surface area contributed by atoms with Crippen molar-refractivity contribution >= 4 is 11.6 Å². The summed E-state index contributed by atoms with van der Waals surface area (Å²) in [6.45, 7) is 9.28. The van der Waals surface area contributed by atoms with Crippen molar-refractivity contribution < 1.29 is 0 Å². The Balaban J connectivity index is 2.62. The van der Waals surface area contributed by atoms with Crippen molar-refractivity contribution in [1.29, 1.82) is 0 Å². The van der Waals surface area contributed by atoms with Crippen LogP contribution in [0.2, 0.25) is 0 Å². The van der Waals surface area contributed by atoms with Gasteiger partial charge in [-0.05, 0) is 38.8 Å². The number of aryl methyl sites for hydroxylation is 1. The summed E-state index contributed by atoms with van der Waals surface area (Å²) in [6.07, 6.45) is 0. The normalized spacial score (nSPS) is 13.9. The van der Waals surface area contributed by atoms with E-state index in [1.807, 2.05) is 6.92 Å². The Labute approximate surface area is 97.8 Å². The number of hydrogen-bond acceptors (Lipinski definition) is 1. The van der Waals surface area contributed by atoms with Gasteiger partial charge in [-0.15, -0.1) is 11.6 Å². The van der Waals surface area contributed by atoms with E-state index in [9.17, 15) is 0 Å². The molecule has 1 unspecified atom stereocenters. The van der Waals surface area contributed by atoms with E-state index < -0.39 is 0 Å². The molecule has 0 aliphatic carbocycles. The first kappa shape index (κ1) is 12.5. The minimum atomic E-state index is -0.0379. The van der Waals surface area contributed by atoms with Crippen LogP contribution in [0.4, 0.5) is 0 Å². The average Bonchev–Trinajstić information content (AvgIpc) is 2.16.